The van der Waals surface area contributed by atoms with Crippen LogP contribution in [0, 0.1) is 0 Å². The first-order chi connectivity index (χ1) is 16.6. The lowest BCUT2D eigenvalue weighted by Gasteiger charge is -2.25. The number of rotatable bonds is 0. The monoisotopic (exact) mass is 448 g/mol. The Balaban J connectivity index is 0.000000423. The standard InChI is InChI=1S/C27H20.C3H8.2C2H6/c1-27(2)25-21-10-6-4-8-18(21)13-15-22(25)23-16-14-19-12-11-17-7-3-5-9-20(17)24(19)26(23)27;1-3-2;2*1-2/h3-16H,1-2H3;3H2,1-2H3;2*1-2H3. The molecule has 0 saturated carbocycles. The zero-order chi connectivity index (χ0) is 24.9. The predicted octanol–water partition coefficient (Wildman–Crippen LogP) is 10.9. The van der Waals surface area contributed by atoms with Crippen LogP contribution in [0.3, 0.4) is 0 Å². The van der Waals surface area contributed by atoms with Crippen molar-refractivity contribution < 1.29 is 0 Å². The molecule has 0 saturated heterocycles. The lowest BCUT2D eigenvalue weighted by Crippen LogP contribution is -2.16. The van der Waals surface area contributed by atoms with Gasteiger partial charge in [-0.2, -0.15) is 0 Å². The molecule has 0 nitrogen and oxygen atoms in total. The molecule has 0 aromatic heterocycles. The summed E-state index contributed by atoms with van der Waals surface area (Å²) in [5.41, 5.74) is 5.70. The van der Waals surface area contributed by atoms with Crippen LogP contribution in [0.25, 0.3) is 43.4 Å². The Morgan fingerprint density at radius 2 is 0.912 bits per heavy atom. The fourth-order valence-corrected chi connectivity index (χ4v) is 5.27. The number of fused-ring (bicyclic) bond motifs is 9. The fraction of sp³-hybridized carbons (Fsp3) is 0.294. The average Bonchev–Trinajstić information content (AvgIpc) is 3.13. The zero-order valence-electron chi connectivity index (χ0n) is 22.3. The van der Waals surface area contributed by atoms with Gasteiger partial charge in [0.1, 0.15) is 0 Å². The van der Waals surface area contributed by atoms with Crippen molar-refractivity contribution in [3.63, 3.8) is 0 Å². The van der Waals surface area contributed by atoms with Gasteiger partial charge in [0.15, 0.2) is 0 Å². The SMILES string of the molecule is CC.CC.CC1(C)c2c(ccc3ccccc23)-c2ccc3ccc4ccccc4c3c21.CCC. The molecule has 6 rings (SSSR count). The summed E-state index contributed by atoms with van der Waals surface area (Å²) in [6.07, 6.45) is 1.25. The maximum Gasteiger partial charge on any atom is 0.0171 e. The molecule has 0 radical (unpaired) electrons. The van der Waals surface area contributed by atoms with Gasteiger partial charge in [-0.25, -0.2) is 0 Å². The molecule has 176 valence electrons. The van der Waals surface area contributed by atoms with Gasteiger partial charge in [0.05, 0.1) is 0 Å². The van der Waals surface area contributed by atoms with Crippen LogP contribution in [0.5, 0.6) is 0 Å². The Morgan fingerprint density at radius 3 is 1.53 bits per heavy atom. The van der Waals surface area contributed by atoms with Crippen LogP contribution in [0.1, 0.15) is 72.9 Å². The lowest BCUT2D eigenvalue weighted by atomic mass is 9.78. The van der Waals surface area contributed by atoms with Crippen molar-refractivity contribution in [1.29, 1.82) is 0 Å². The predicted molar refractivity (Wildman–Crippen MR) is 155 cm³/mol. The van der Waals surface area contributed by atoms with E-state index in [4.69, 9.17) is 0 Å². The fourth-order valence-electron chi connectivity index (χ4n) is 5.27. The van der Waals surface area contributed by atoms with E-state index in [0.717, 1.165) is 0 Å². The van der Waals surface area contributed by atoms with Gasteiger partial charge in [0, 0.05) is 5.41 Å². The summed E-state index contributed by atoms with van der Waals surface area (Å²) in [6, 6.07) is 31.3. The minimum atomic E-state index is -0.0326. The zero-order valence-corrected chi connectivity index (χ0v) is 22.3. The summed E-state index contributed by atoms with van der Waals surface area (Å²) in [5, 5.41) is 8.12. The quantitative estimate of drug-likeness (QED) is 0.207. The van der Waals surface area contributed by atoms with Crippen molar-refractivity contribution >= 4 is 32.3 Å². The van der Waals surface area contributed by atoms with Gasteiger partial charge in [-0.05, 0) is 54.6 Å². The van der Waals surface area contributed by atoms with E-state index in [-0.39, 0.29) is 5.41 Å². The third-order valence-corrected chi connectivity index (χ3v) is 6.38. The molecule has 0 bridgehead atoms. The highest BCUT2D eigenvalue weighted by Crippen LogP contribution is 2.54. The topological polar surface area (TPSA) is 0 Å². The Labute approximate surface area is 206 Å². The molecule has 0 atom stereocenters. The van der Waals surface area contributed by atoms with E-state index in [1.54, 1.807) is 0 Å². The van der Waals surface area contributed by atoms with Gasteiger partial charge in [-0.3, -0.25) is 0 Å². The normalized spacial score (nSPS) is 12.5. The smallest absolute Gasteiger partial charge is 0.0171 e. The molecular formula is C34H40. The molecule has 0 heteroatoms. The molecule has 0 aliphatic heterocycles. The van der Waals surface area contributed by atoms with Crippen molar-refractivity contribution in [2.75, 3.05) is 0 Å². The Bertz CT molecular complexity index is 1400. The van der Waals surface area contributed by atoms with Crippen LogP contribution < -0.4 is 0 Å². The van der Waals surface area contributed by atoms with Gasteiger partial charge < -0.3 is 0 Å². The molecule has 0 heterocycles. The van der Waals surface area contributed by atoms with Crippen LogP contribution in [-0.4, -0.2) is 0 Å². The Morgan fingerprint density at radius 1 is 0.500 bits per heavy atom. The second-order valence-electron chi connectivity index (χ2n) is 8.91. The molecule has 0 fully saturated rings. The summed E-state index contributed by atoms with van der Waals surface area (Å²) in [6.45, 7) is 17.0. The number of benzene rings is 5. The van der Waals surface area contributed by atoms with Crippen LogP contribution in [-0.2, 0) is 5.41 Å². The van der Waals surface area contributed by atoms with Crippen molar-refractivity contribution in [3.05, 3.63) is 96.1 Å². The van der Waals surface area contributed by atoms with Crippen LogP contribution in [0.4, 0.5) is 0 Å². The third-order valence-electron chi connectivity index (χ3n) is 6.38. The Hall–Kier alpha value is -3.12. The van der Waals surface area contributed by atoms with Crippen LogP contribution in [0.2, 0.25) is 0 Å². The maximum atomic E-state index is 2.39. The molecule has 0 amide bonds. The third kappa shape index (κ3) is 4.11. The minimum absolute atomic E-state index is 0.0326. The van der Waals surface area contributed by atoms with E-state index >= 15 is 0 Å². The summed E-state index contributed by atoms with van der Waals surface area (Å²) < 4.78 is 0. The second-order valence-corrected chi connectivity index (χ2v) is 8.91. The first kappa shape index (κ1) is 25.5. The molecule has 34 heavy (non-hydrogen) atoms. The van der Waals surface area contributed by atoms with E-state index in [1.807, 2.05) is 27.7 Å². The molecule has 1 aliphatic carbocycles. The minimum Gasteiger partial charge on any atom is -0.0683 e. The highest BCUT2D eigenvalue weighted by atomic mass is 14.4. The van der Waals surface area contributed by atoms with E-state index in [0.29, 0.717) is 0 Å². The van der Waals surface area contributed by atoms with E-state index < -0.39 is 0 Å². The summed E-state index contributed by atoms with van der Waals surface area (Å²) >= 11 is 0. The Kier molecular flexibility index (Phi) is 8.15. The average molecular weight is 449 g/mol. The molecule has 5 aromatic carbocycles. The van der Waals surface area contributed by atoms with Gasteiger partial charge >= 0.3 is 0 Å². The first-order valence-electron chi connectivity index (χ1n) is 13.1. The van der Waals surface area contributed by atoms with E-state index in [9.17, 15) is 0 Å². The largest absolute Gasteiger partial charge is 0.0683 e. The van der Waals surface area contributed by atoms with Gasteiger partial charge in [0.25, 0.3) is 0 Å². The first-order valence-corrected chi connectivity index (χ1v) is 13.1. The maximum absolute atomic E-state index is 2.39. The lowest BCUT2D eigenvalue weighted by molar-refractivity contribution is 0.672. The molecule has 1 aliphatic rings. The summed E-state index contributed by atoms with van der Waals surface area (Å²) in [7, 11) is 0. The van der Waals surface area contributed by atoms with Crippen LogP contribution in [0.15, 0.2) is 84.9 Å². The molecule has 0 unspecified atom stereocenters. The second kappa shape index (κ2) is 10.9. The summed E-state index contributed by atoms with van der Waals surface area (Å²) in [4.78, 5) is 0. The van der Waals surface area contributed by atoms with Crippen molar-refractivity contribution in [2.45, 2.75) is 67.2 Å². The van der Waals surface area contributed by atoms with Gasteiger partial charge in [0.2, 0.25) is 0 Å². The highest BCUT2D eigenvalue weighted by molar-refractivity contribution is 6.14. The molecule has 5 aromatic rings. The van der Waals surface area contributed by atoms with Crippen molar-refractivity contribution in [1.82, 2.24) is 0 Å². The van der Waals surface area contributed by atoms with E-state index in [1.165, 1.54) is 61.0 Å². The van der Waals surface area contributed by atoms with Crippen molar-refractivity contribution in [2.24, 2.45) is 0 Å². The van der Waals surface area contributed by atoms with Gasteiger partial charge in [-0.1, -0.05) is 147 Å². The summed E-state index contributed by atoms with van der Waals surface area (Å²) in [5.74, 6) is 0. The van der Waals surface area contributed by atoms with E-state index in [2.05, 4.69) is 113 Å². The molecule has 0 N–H and O–H groups in total. The van der Waals surface area contributed by atoms with Crippen molar-refractivity contribution in [3.8, 4) is 11.1 Å². The number of hydrogen-bond donors (Lipinski definition) is 0. The highest BCUT2D eigenvalue weighted by Gasteiger charge is 2.38. The number of hydrogen-bond acceptors (Lipinski definition) is 0. The molecular weight excluding hydrogens is 408 g/mol. The van der Waals surface area contributed by atoms with Crippen LogP contribution >= 0.6 is 0 Å². The molecule has 0 spiro atoms. The van der Waals surface area contributed by atoms with Gasteiger partial charge in [-0.15, -0.1) is 0 Å².